The van der Waals surface area contributed by atoms with Crippen molar-refractivity contribution >= 4 is 37.4 Å². The number of ether oxygens (including phenoxy) is 1. The average molecular weight is 273 g/mol. The van der Waals surface area contributed by atoms with Crippen molar-refractivity contribution in [3.63, 3.8) is 0 Å². The number of hydrogen-bond acceptors (Lipinski definition) is 3. The first-order chi connectivity index (χ1) is 6.72. The summed E-state index contributed by atoms with van der Waals surface area (Å²) < 4.78 is 7.32. The highest BCUT2D eigenvalue weighted by Crippen LogP contribution is 2.40. The van der Waals surface area contributed by atoms with E-state index in [0.29, 0.717) is 6.61 Å². The first-order valence-electron chi connectivity index (χ1n) is 4.25. The fraction of sp³-hybridized carbons (Fsp3) is 0.200. The molecule has 1 heterocycles. The number of benzene rings is 1. The Morgan fingerprint density at radius 2 is 2.29 bits per heavy atom. The maximum atomic E-state index is 9.75. The molecule has 0 unspecified atom stereocenters. The molecule has 0 radical (unpaired) electrons. The van der Waals surface area contributed by atoms with Crippen LogP contribution in [0.25, 0.3) is 10.1 Å². The van der Waals surface area contributed by atoms with Gasteiger partial charge in [-0.1, -0.05) is 15.9 Å². The molecule has 0 amide bonds. The maximum absolute atomic E-state index is 9.75. The molecule has 0 saturated carbocycles. The van der Waals surface area contributed by atoms with E-state index in [1.54, 1.807) is 17.4 Å². The largest absolute Gasteiger partial charge is 0.507 e. The van der Waals surface area contributed by atoms with Gasteiger partial charge in [-0.15, -0.1) is 11.3 Å². The Hall–Kier alpha value is -0.740. The summed E-state index contributed by atoms with van der Waals surface area (Å²) in [5.41, 5.74) is 0. The molecule has 0 atom stereocenters. The van der Waals surface area contributed by atoms with Gasteiger partial charge in [-0.2, -0.15) is 0 Å². The third-order valence-corrected chi connectivity index (χ3v) is 3.25. The van der Waals surface area contributed by atoms with E-state index in [1.165, 1.54) is 0 Å². The van der Waals surface area contributed by atoms with Crippen molar-refractivity contribution in [1.29, 1.82) is 0 Å². The molecule has 4 heteroatoms. The standard InChI is InChI=1S/C10H9BrO2S/c1-2-13-8-5-14-9-4-6(11)3-7(12)10(8)9/h3-5,12H,2H2,1H3. The Morgan fingerprint density at radius 3 is 3.00 bits per heavy atom. The monoisotopic (exact) mass is 272 g/mol. The van der Waals surface area contributed by atoms with Crippen LogP contribution in [0.15, 0.2) is 22.0 Å². The fourth-order valence-electron chi connectivity index (χ4n) is 1.35. The first kappa shape index (κ1) is 9.80. The van der Waals surface area contributed by atoms with E-state index in [0.717, 1.165) is 20.3 Å². The summed E-state index contributed by atoms with van der Waals surface area (Å²) >= 11 is 4.90. The number of phenolic OH excluding ortho intramolecular Hbond substituents is 1. The van der Waals surface area contributed by atoms with Crippen LogP contribution < -0.4 is 4.74 Å². The summed E-state index contributed by atoms with van der Waals surface area (Å²) in [6.07, 6.45) is 0. The van der Waals surface area contributed by atoms with Crippen LogP contribution in [0.2, 0.25) is 0 Å². The number of phenols is 1. The molecule has 74 valence electrons. The Labute approximate surface area is 94.3 Å². The van der Waals surface area contributed by atoms with Gasteiger partial charge in [-0.25, -0.2) is 0 Å². The summed E-state index contributed by atoms with van der Waals surface area (Å²) in [5, 5.41) is 12.5. The third-order valence-electron chi connectivity index (χ3n) is 1.89. The molecule has 0 bridgehead atoms. The third kappa shape index (κ3) is 1.60. The summed E-state index contributed by atoms with van der Waals surface area (Å²) in [6, 6.07) is 3.65. The van der Waals surface area contributed by atoms with E-state index in [4.69, 9.17) is 4.74 Å². The molecule has 1 aromatic heterocycles. The average Bonchev–Trinajstić information content (AvgIpc) is 2.49. The molecule has 0 aliphatic heterocycles. The molecule has 14 heavy (non-hydrogen) atoms. The number of rotatable bonds is 2. The molecule has 2 rings (SSSR count). The topological polar surface area (TPSA) is 29.5 Å². The van der Waals surface area contributed by atoms with Gasteiger partial charge in [0.25, 0.3) is 0 Å². The number of fused-ring (bicyclic) bond motifs is 1. The second kappa shape index (κ2) is 3.79. The Morgan fingerprint density at radius 1 is 1.50 bits per heavy atom. The SMILES string of the molecule is CCOc1csc2cc(Br)cc(O)c12. The quantitative estimate of drug-likeness (QED) is 0.902. The van der Waals surface area contributed by atoms with Crippen molar-refractivity contribution in [2.45, 2.75) is 6.92 Å². The van der Waals surface area contributed by atoms with Gasteiger partial charge < -0.3 is 9.84 Å². The highest BCUT2D eigenvalue weighted by molar-refractivity contribution is 9.10. The summed E-state index contributed by atoms with van der Waals surface area (Å²) in [7, 11) is 0. The van der Waals surface area contributed by atoms with Crippen LogP contribution in [0.5, 0.6) is 11.5 Å². The van der Waals surface area contributed by atoms with Crippen LogP contribution in [0.1, 0.15) is 6.92 Å². The molecule has 1 aromatic carbocycles. The molecule has 0 aliphatic rings. The normalized spacial score (nSPS) is 10.7. The zero-order chi connectivity index (χ0) is 10.1. The second-order valence-corrected chi connectivity index (χ2v) is 4.66. The van der Waals surface area contributed by atoms with Crippen molar-refractivity contribution in [2.24, 2.45) is 0 Å². The van der Waals surface area contributed by atoms with Gasteiger partial charge in [-0.05, 0) is 19.1 Å². The molecule has 2 aromatic rings. The lowest BCUT2D eigenvalue weighted by Gasteiger charge is -2.02. The van der Waals surface area contributed by atoms with Crippen molar-refractivity contribution in [2.75, 3.05) is 6.61 Å². The van der Waals surface area contributed by atoms with Crippen LogP contribution in [0.3, 0.4) is 0 Å². The van der Waals surface area contributed by atoms with E-state index < -0.39 is 0 Å². The lowest BCUT2D eigenvalue weighted by Crippen LogP contribution is -1.89. The number of halogens is 1. The van der Waals surface area contributed by atoms with Gasteiger partial charge in [-0.3, -0.25) is 0 Å². The van der Waals surface area contributed by atoms with E-state index in [-0.39, 0.29) is 5.75 Å². The summed E-state index contributed by atoms with van der Waals surface area (Å²) in [6.45, 7) is 2.54. The number of aromatic hydroxyl groups is 1. The van der Waals surface area contributed by atoms with Crippen LogP contribution >= 0.6 is 27.3 Å². The predicted octanol–water partition coefficient (Wildman–Crippen LogP) is 3.77. The number of thiophene rings is 1. The van der Waals surface area contributed by atoms with Gasteiger partial charge >= 0.3 is 0 Å². The molecule has 0 spiro atoms. The fourth-order valence-corrected chi connectivity index (χ4v) is 2.88. The predicted molar refractivity (Wildman–Crippen MR) is 62.4 cm³/mol. The molecule has 2 nitrogen and oxygen atoms in total. The van der Waals surface area contributed by atoms with Crippen LogP contribution in [-0.4, -0.2) is 11.7 Å². The Kier molecular flexibility index (Phi) is 2.65. The van der Waals surface area contributed by atoms with Crippen LogP contribution in [-0.2, 0) is 0 Å². The van der Waals surface area contributed by atoms with Crippen molar-refractivity contribution in [3.8, 4) is 11.5 Å². The zero-order valence-corrected chi connectivity index (χ0v) is 9.98. The van der Waals surface area contributed by atoms with Crippen molar-refractivity contribution < 1.29 is 9.84 Å². The van der Waals surface area contributed by atoms with Crippen molar-refractivity contribution in [3.05, 3.63) is 22.0 Å². The van der Waals surface area contributed by atoms with Gasteiger partial charge in [0.2, 0.25) is 0 Å². The minimum Gasteiger partial charge on any atom is -0.507 e. The first-order valence-corrected chi connectivity index (χ1v) is 5.92. The molecule has 0 aliphatic carbocycles. The van der Waals surface area contributed by atoms with Crippen LogP contribution in [0, 0.1) is 0 Å². The Bertz CT molecular complexity index is 464. The van der Waals surface area contributed by atoms with Gasteiger partial charge in [0.05, 0.1) is 12.0 Å². The molecule has 0 saturated heterocycles. The Balaban J connectivity index is 2.66. The van der Waals surface area contributed by atoms with E-state index in [2.05, 4.69) is 15.9 Å². The van der Waals surface area contributed by atoms with Crippen molar-refractivity contribution in [1.82, 2.24) is 0 Å². The zero-order valence-electron chi connectivity index (χ0n) is 7.58. The van der Waals surface area contributed by atoms with Gasteiger partial charge in [0.1, 0.15) is 11.5 Å². The maximum Gasteiger partial charge on any atom is 0.141 e. The molecule has 0 fully saturated rings. The van der Waals surface area contributed by atoms with E-state index >= 15 is 0 Å². The van der Waals surface area contributed by atoms with Gasteiger partial charge in [0, 0.05) is 14.6 Å². The molecule has 1 N–H and O–H groups in total. The van der Waals surface area contributed by atoms with Crippen LogP contribution in [0.4, 0.5) is 0 Å². The summed E-state index contributed by atoms with van der Waals surface area (Å²) in [5.74, 6) is 1.02. The minimum atomic E-state index is 0.263. The second-order valence-electron chi connectivity index (χ2n) is 2.83. The van der Waals surface area contributed by atoms with E-state index in [1.807, 2.05) is 18.4 Å². The van der Waals surface area contributed by atoms with Gasteiger partial charge in [0.15, 0.2) is 0 Å². The summed E-state index contributed by atoms with van der Waals surface area (Å²) in [4.78, 5) is 0. The number of hydrogen-bond donors (Lipinski definition) is 1. The highest BCUT2D eigenvalue weighted by atomic mass is 79.9. The minimum absolute atomic E-state index is 0.263. The van der Waals surface area contributed by atoms with E-state index in [9.17, 15) is 5.11 Å². The molecular weight excluding hydrogens is 264 g/mol. The lowest BCUT2D eigenvalue weighted by molar-refractivity contribution is 0.344. The lowest BCUT2D eigenvalue weighted by atomic mass is 10.2. The highest BCUT2D eigenvalue weighted by Gasteiger charge is 2.10. The smallest absolute Gasteiger partial charge is 0.141 e. The molecular formula is C10H9BrO2S.